The molecule has 3 aromatic rings. The van der Waals surface area contributed by atoms with E-state index >= 15 is 0 Å². The molecule has 2 aromatic carbocycles. The van der Waals surface area contributed by atoms with Crippen LogP contribution in [0.1, 0.15) is 23.6 Å². The van der Waals surface area contributed by atoms with Crippen LogP contribution in [0.2, 0.25) is 0 Å². The average molecular weight is 536 g/mol. The number of nitrogens with zero attached hydrogens (tertiary/aromatic N) is 3. The van der Waals surface area contributed by atoms with Gasteiger partial charge in [-0.25, -0.2) is 4.98 Å². The van der Waals surface area contributed by atoms with E-state index in [1.165, 1.54) is 19.1 Å². The van der Waals surface area contributed by atoms with Crippen molar-refractivity contribution in [3.63, 3.8) is 0 Å². The number of fused-ring (bicyclic) bond motifs is 2. The molecule has 1 fully saturated rings. The fourth-order valence-electron chi connectivity index (χ4n) is 5.09. The lowest BCUT2D eigenvalue weighted by atomic mass is 9.93. The summed E-state index contributed by atoms with van der Waals surface area (Å²) in [5.41, 5.74) is 0.607. The van der Waals surface area contributed by atoms with E-state index in [0.717, 1.165) is 0 Å². The Kier molecular flexibility index (Phi) is 6.14. The van der Waals surface area contributed by atoms with Crippen molar-refractivity contribution in [3.05, 3.63) is 59.7 Å². The van der Waals surface area contributed by atoms with Crippen molar-refractivity contribution in [2.45, 2.75) is 19.0 Å². The standard InChI is InChI=1S/C27H25N3O9/c1-34-24-16(11-19-25(26(24)35-2)39-14-38-19)21-20(22(31)15-4-5-17-18(10-15)37-13-36-17)23(32)27(33)30(21)8-3-7-29-9-6-28-12-29/h4-6,9-12,21,31H,3,7-8,13-14H2,1-2H3/t21-/m0/s1. The van der Waals surface area contributed by atoms with E-state index in [4.69, 9.17) is 28.4 Å². The molecule has 0 spiro atoms. The van der Waals surface area contributed by atoms with Gasteiger partial charge in [-0.15, -0.1) is 0 Å². The zero-order chi connectivity index (χ0) is 27.1. The summed E-state index contributed by atoms with van der Waals surface area (Å²) in [5.74, 6) is 0.258. The second kappa shape index (κ2) is 9.78. The number of aliphatic hydroxyl groups is 1. The number of ketones is 1. The number of aromatic nitrogens is 2. The van der Waals surface area contributed by atoms with Crippen molar-refractivity contribution in [3.8, 4) is 34.5 Å². The Morgan fingerprint density at radius 2 is 1.77 bits per heavy atom. The van der Waals surface area contributed by atoms with E-state index in [2.05, 4.69) is 4.98 Å². The van der Waals surface area contributed by atoms with Crippen LogP contribution in [0, 0.1) is 0 Å². The Bertz CT molecular complexity index is 1480. The second-order valence-corrected chi connectivity index (χ2v) is 8.98. The largest absolute Gasteiger partial charge is 0.507 e. The Hall–Kier alpha value is -4.87. The molecule has 3 aliphatic heterocycles. The Labute approximate surface area is 222 Å². The van der Waals surface area contributed by atoms with Gasteiger partial charge in [-0.3, -0.25) is 9.59 Å². The van der Waals surface area contributed by atoms with E-state index in [1.807, 2.05) is 10.8 Å². The van der Waals surface area contributed by atoms with Crippen LogP contribution < -0.4 is 28.4 Å². The van der Waals surface area contributed by atoms with E-state index in [9.17, 15) is 14.7 Å². The van der Waals surface area contributed by atoms with Crippen LogP contribution >= 0.6 is 0 Å². The number of carbonyl (C=O) groups excluding carboxylic acids is 2. The van der Waals surface area contributed by atoms with Crippen molar-refractivity contribution < 1.29 is 43.1 Å². The van der Waals surface area contributed by atoms with Crippen LogP contribution in [-0.4, -0.2) is 65.6 Å². The van der Waals surface area contributed by atoms with Crippen molar-refractivity contribution >= 4 is 17.4 Å². The number of methoxy groups -OCH3 is 2. The normalized spacial score (nSPS) is 18.6. The molecule has 0 radical (unpaired) electrons. The number of likely N-dealkylation sites (tertiary alicyclic amines) is 1. The maximum Gasteiger partial charge on any atom is 0.295 e. The fourth-order valence-corrected chi connectivity index (χ4v) is 5.09. The molecule has 0 unspecified atom stereocenters. The van der Waals surface area contributed by atoms with Crippen molar-refractivity contribution in [1.82, 2.24) is 14.5 Å². The number of amides is 1. The summed E-state index contributed by atoms with van der Waals surface area (Å²) < 4.78 is 35.2. The van der Waals surface area contributed by atoms with Crippen LogP contribution in [0.25, 0.3) is 5.76 Å². The van der Waals surface area contributed by atoms with Crippen LogP contribution in [0.5, 0.6) is 34.5 Å². The number of benzene rings is 2. The monoisotopic (exact) mass is 535 g/mol. The predicted molar refractivity (Wildman–Crippen MR) is 134 cm³/mol. The van der Waals surface area contributed by atoms with Gasteiger partial charge in [0.1, 0.15) is 5.76 Å². The van der Waals surface area contributed by atoms with E-state index < -0.39 is 17.7 Å². The minimum absolute atomic E-state index is 0.0272. The molecule has 4 heterocycles. The molecule has 12 nitrogen and oxygen atoms in total. The van der Waals surface area contributed by atoms with Gasteiger partial charge in [0, 0.05) is 36.6 Å². The highest BCUT2D eigenvalue weighted by molar-refractivity contribution is 6.46. The van der Waals surface area contributed by atoms with Crippen LogP contribution in [0.15, 0.2) is 48.6 Å². The lowest BCUT2D eigenvalue weighted by Crippen LogP contribution is -2.31. The molecule has 1 N–H and O–H groups in total. The maximum atomic E-state index is 13.5. The number of rotatable bonds is 8. The van der Waals surface area contributed by atoms with Gasteiger partial charge >= 0.3 is 0 Å². The summed E-state index contributed by atoms with van der Waals surface area (Å²) in [7, 11) is 2.91. The molecule has 1 aromatic heterocycles. The summed E-state index contributed by atoms with van der Waals surface area (Å²) in [5, 5.41) is 11.5. The quantitative estimate of drug-likeness (QED) is 0.261. The molecule has 0 aliphatic carbocycles. The lowest BCUT2D eigenvalue weighted by molar-refractivity contribution is -0.140. The van der Waals surface area contributed by atoms with Gasteiger partial charge in [-0.1, -0.05) is 0 Å². The van der Waals surface area contributed by atoms with Crippen LogP contribution in [0.3, 0.4) is 0 Å². The number of carbonyl (C=O) groups is 2. The molecular weight excluding hydrogens is 510 g/mol. The molecule has 0 bridgehead atoms. The van der Waals surface area contributed by atoms with Crippen molar-refractivity contribution in [1.29, 1.82) is 0 Å². The van der Waals surface area contributed by atoms with E-state index in [0.29, 0.717) is 47.1 Å². The minimum Gasteiger partial charge on any atom is -0.507 e. The lowest BCUT2D eigenvalue weighted by Gasteiger charge is -2.27. The topological polar surface area (TPSA) is 131 Å². The first-order valence-electron chi connectivity index (χ1n) is 12.2. The number of ether oxygens (including phenoxy) is 6. The highest BCUT2D eigenvalue weighted by atomic mass is 16.7. The summed E-state index contributed by atoms with van der Waals surface area (Å²) in [6, 6.07) is 5.45. The highest BCUT2D eigenvalue weighted by Gasteiger charge is 2.48. The summed E-state index contributed by atoms with van der Waals surface area (Å²) in [4.78, 5) is 32.4. The third-order valence-electron chi connectivity index (χ3n) is 6.87. The summed E-state index contributed by atoms with van der Waals surface area (Å²) >= 11 is 0. The van der Waals surface area contributed by atoms with E-state index in [-0.39, 0.29) is 43.0 Å². The first-order valence-corrected chi connectivity index (χ1v) is 12.2. The number of hydrogen-bond acceptors (Lipinski definition) is 10. The van der Waals surface area contributed by atoms with Gasteiger partial charge in [0.25, 0.3) is 11.7 Å². The predicted octanol–water partition coefficient (Wildman–Crippen LogP) is 2.87. The minimum atomic E-state index is -1.00. The van der Waals surface area contributed by atoms with E-state index in [1.54, 1.807) is 36.8 Å². The first-order chi connectivity index (χ1) is 19.0. The molecule has 1 saturated heterocycles. The van der Waals surface area contributed by atoms with Gasteiger partial charge in [0.2, 0.25) is 25.1 Å². The second-order valence-electron chi connectivity index (χ2n) is 8.98. The molecule has 39 heavy (non-hydrogen) atoms. The van der Waals surface area contributed by atoms with Gasteiger partial charge in [-0.05, 0) is 30.7 Å². The zero-order valence-electron chi connectivity index (χ0n) is 21.2. The number of hydrogen-bond donors (Lipinski definition) is 1. The number of Topliss-reactive ketones (excluding diaryl/α,β-unsaturated/α-hetero) is 1. The summed E-state index contributed by atoms with van der Waals surface area (Å²) in [6.07, 6.45) is 5.68. The van der Waals surface area contributed by atoms with Gasteiger partial charge in [0.15, 0.2) is 23.0 Å². The third kappa shape index (κ3) is 4.04. The number of imidazole rings is 1. The number of aliphatic hydroxyl groups excluding tert-OH is 1. The Morgan fingerprint density at radius 3 is 2.54 bits per heavy atom. The molecule has 3 aliphatic rings. The SMILES string of the molecule is COc1c([C@H]2C(=C(O)c3ccc4c(c3)OCO4)C(=O)C(=O)N2CCCn2ccnc2)cc2c(c1OC)OCO2. The smallest absolute Gasteiger partial charge is 0.295 e. The molecule has 1 amide bonds. The van der Waals surface area contributed by atoms with Crippen LogP contribution in [-0.2, 0) is 16.1 Å². The maximum absolute atomic E-state index is 13.5. The summed E-state index contributed by atoms with van der Waals surface area (Å²) in [6.45, 7) is 0.806. The van der Waals surface area contributed by atoms with Crippen molar-refractivity contribution in [2.24, 2.45) is 0 Å². The van der Waals surface area contributed by atoms with Gasteiger partial charge in [-0.2, -0.15) is 0 Å². The third-order valence-corrected chi connectivity index (χ3v) is 6.87. The fraction of sp³-hybridized carbons (Fsp3) is 0.296. The molecule has 1 atom stereocenters. The number of aryl methyl sites for hydroxylation is 1. The highest BCUT2D eigenvalue weighted by Crippen LogP contribution is 2.54. The molecule has 0 saturated carbocycles. The molecule has 12 heteroatoms. The molecular formula is C27H25N3O9. The first kappa shape index (κ1) is 24.5. The average Bonchev–Trinajstić information content (AvgIpc) is 3.76. The van der Waals surface area contributed by atoms with Crippen LogP contribution in [0.4, 0.5) is 0 Å². The van der Waals surface area contributed by atoms with Gasteiger partial charge in [0.05, 0.1) is 32.2 Å². The van der Waals surface area contributed by atoms with Crippen molar-refractivity contribution in [2.75, 3.05) is 34.4 Å². The Balaban J connectivity index is 1.49. The Morgan fingerprint density at radius 1 is 1.00 bits per heavy atom. The van der Waals surface area contributed by atoms with Gasteiger partial charge < -0.3 is 43.0 Å². The molecule has 6 rings (SSSR count). The zero-order valence-corrected chi connectivity index (χ0v) is 21.2. The molecule has 202 valence electrons.